The molecule has 0 bridgehead atoms. The number of nitrogens with zero attached hydrogens (tertiary/aromatic N) is 1. The number of hydrogen-bond acceptors (Lipinski definition) is 2. The molecule has 0 saturated heterocycles. The predicted octanol–water partition coefficient (Wildman–Crippen LogP) is 3.09. The summed E-state index contributed by atoms with van der Waals surface area (Å²) in [7, 11) is 0. The van der Waals surface area contributed by atoms with Crippen molar-refractivity contribution < 1.29 is 4.42 Å². The van der Waals surface area contributed by atoms with Gasteiger partial charge in [0.1, 0.15) is 11.8 Å². The lowest BCUT2D eigenvalue weighted by atomic mass is 10.1. The van der Waals surface area contributed by atoms with Crippen molar-refractivity contribution in [2.45, 2.75) is 13.0 Å². The predicted molar refractivity (Wildman–Crippen MR) is 72.6 cm³/mol. The van der Waals surface area contributed by atoms with E-state index >= 15 is 0 Å². The summed E-state index contributed by atoms with van der Waals surface area (Å²) in [5, 5.41) is 1.23. The van der Waals surface area contributed by atoms with E-state index in [4.69, 9.17) is 10.2 Å². The summed E-state index contributed by atoms with van der Waals surface area (Å²) in [6.45, 7) is 2.62. The maximum absolute atomic E-state index is 5.90. The first-order valence-electron chi connectivity index (χ1n) is 6.10. The van der Waals surface area contributed by atoms with Crippen LogP contribution in [0.2, 0.25) is 0 Å². The van der Waals surface area contributed by atoms with Gasteiger partial charge in [-0.2, -0.15) is 0 Å². The van der Waals surface area contributed by atoms with Crippen molar-refractivity contribution in [3.63, 3.8) is 0 Å². The Labute approximate surface area is 106 Å². The summed E-state index contributed by atoms with van der Waals surface area (Å²) in [5.41, 5.74) is 8.35. The fourth-order valence-electron chi connectivity index (χ4n) is 2.38. The molecule has 0 aliphatic carbocycles. The summed E-state index contributed by atoms with van der Waals surface area (Å²) in [4.78, 5) is 0. The Balaban J connectivity index is 2.15. The molecule has 2 aromatic heterocycles. The zero-order chi connectivity index (χ0) is 12.5. The van der Waals surface area contributed by atoms with Crippen molar-refractivity contribution in [3.05, 3.63) is 60.2 Å². The zero-order valence-electron chi connectivity index (χ0n) is 10.3. The number of aryl methyl sites for hydroxylation is 1. The highest BCUT2D eigenvalue weighted by molar-refractivity contribution is 5.81. The second-order valence-electron chi connectivity index (χ2n) is 4.55. The van der Waals surface area contributed by atoms with Crippen molar-refractivity contribution in [1.29, 1.82) is 0 Å². The van der Waals surface area contributed by atoms with E-state index in [1.165, 1.54) is 16.5 Å². The van der Waals surface area contributed by atoms with Crippen LogP contribution in [0.3, 0.4) is 0 Å². The van der Waals surface area contributed by atoms with E-state index in [9.17, 15) is 0 Å². The highest BCUT2D eigenvalue weighted by Crippen LogP contribution is 2.25. The van der Waals surface area contributed by atoms with Crippen LogP contribution in [-0.2, 0) is 0 Å². The molecule has 0 radical (unpaired) electrons. The quantitative estimate of drug-likeness (QED) is 0.764. The summed E-state index contributed by atoms with van der Waals surface area (Å²) in [6.07, 6.45) is 3.76. The molecule has 1 unspecified atom stereocenters. The monoisotopic (exact) mass is 240 g/mol. The van der Waals surface area contributed by atoms with Gasteiger partial charge in [-0.3, -0.25) is 0 Å². The molecule has 0 saturated carbocycles. The van der Waals surface area contributed by atoms with Gasteiger partial charge >= 0.3 is 0 Å². The van der Waals surface area contributed by atoms with Crippen LogP contribution in [0.1, 0.15) is 17.4 Å². The van der Waals surface area contributed by atoms with Crippen molar-refractivity contribution in [2.24, 2.45) is 5.73 Å². The molecule has 0 amide bonds. The first-order valence-corrected chi connectivity index (χ1v) is 6.10. The molecule has 18 heavy (non-hydrogen) atoms. The third-order valence-corrected chi connectivity index (χ3v) is 3.31. The Kier molecular flexibility index (Phi) is 2.68. The van der Waals surface area contributed by atoms with Crippen LogP contribution < -0.4 is 5.73 Å². The molecule has 2 heterocycles. The van der Waals surface area contributed by atoms with Crippen molar-refractivity contribution in [3.8, 4) is 0 Å². The molecular weight excluding hydrogens is 224 g/mol. The first-order chi connectivity index (χ1) is 8.79. The van der Waals surface area contributed by atoms with Crippen LogP contribution in [0.25, 0.3) is 10.9 Å². The van der Waals surface area contributed by atoms with E-state index in [1.54, 1.807) is 6.26 Å². The lowest BCUT2D eigenvalue weighted by Crippen LogP contribution is -2.19. The summed E-state index contributed by atoms with van der Waals surface area (Å²) >= 11 is 0. The average molecular weight is 240 g/mol. The molecule has 1 atom stereocenters. The number of fused-ring (bicyclic) bond motifs is 1. The van der Waals surface area contributed by atoms with Gasteiger partial charge in [0.05, 0.1) is 6.26 Å². The summed E-state index contributed by atoms with van der Waals surface area (Å²) in [5.74, 6) is 0.900. The van der Waals surface area contributed by atoms with E-state index in [2.05, 4.69) is 42.0 Å². The van der Waals surface area contributed by atoms with Gasteiger partial charge in [-0.15, -0.1) is 0 Å². The Morgan fingerprint density at radius 1 is 1.28 bits per heavy atom. The SMILES string of the molecule is Cc1ccc2ccn(C(CN)c3ccco3)c2c1. The van der Waals surface area contributed by atoms with Crippen LogP contribution in [0, 0.1) is 6.92 Å². The Bertz CT molecular complexity index is 652. The van der Waals surface area contributed by atoms with Gasteiger partial charge in [0.25, 0.3) is 0 Å². The number of rotatable bonds is 3. The molecule has 2 N–H and O–H groups in total. The van der Waals surface area contributed by atoms with Crippen LogP contribution in [-0.4, -0.2) is 11.1 Å². The molecule has 1 aromatic carbocycles. The Morgan fingerprint density at radius 2 is 2.17 bits per heavy atom. The molecule has 0 fully saturated rings. The maximum Gasteiger partial charge on any atom is 0.127 e. The van der Waals surface area contributed by atoms with Gasteiger partial charge < -0.3 is 14.7 Å². The zero-order valence-corrected chi connectivity index (χ0v) is 10.3. The molecule has 0 spiro atoms. The molecule has 0 aliphatic rings. The lowest BCUT2D eigenvalue weighted by molar-refractivity contribution is 0.438. The molecular formula is C15H16N2O. The van der Waals surface area contributed by atoms with Gasteiger partial charge in [0.15, 0.2) is 0 Å². The molecule has 92 valence electrons. The summed E-state index contributed by atoms with van der Waals surface area (Å²) in [6, 6.07) is 12.5. The molecule has 3 aromatic rings. The minimum atomic E-state index is 0.0549. The Hall–Kier alpha value is -2.00. The van der Waals surface area contributed by atoms with Crippen molar-refractivity contribution >= 4 is 10.9 Å². The van der Waals surface area contributed by atoms with E-state index in [1.807, 2.05) is 12.1 Å². The normalized spacial score (nSPS) is 13.0. The van der Waals surface area contributed by atoms with Crippen LogP contribution in [0.15, 0.2) is 53.3 Å². The smallest absolute Gasteiger partial charge is 0.127 e. The minimum Gasteiger partial charge on any atom is -0.467 e. The third kappa shape index (κ3) is 1.73. The van der Waals surface area contributed by atoms with E-state index < -0.39 is 0 Å². The van der Waals surface area contributed by atoms with Crippen LogP contribution in [0.4, 0.5) is 0 Å². The average Bonchev–Trinajstić information content (AvgIpc) is 3.01. The number of nitrogens with two attached hydrogens (primary N) is 1. The molecule has 3 heteroatoms. The highest BCUT2D eigenvalue weighted by Gasteiger charge is 2.16. The summed E-state index contributed by atoms with van der Waals surface area (Å²) < 4.78 is 7.67. The van der Waals surface area contributed by atoms with E-state index in [0.29, 0.717) is 6.54 Å². The number of furan rings is 1. The fourth-order valence-corrected chi connectivity index (χ4v) is 2.38. The Morgan fingerprint density at radius 3 is 2.89 bits per heavy atom. The third-order valence-electron chi connectivity index (χ3n) is 3.31. The standard InChI is InChI=1S/C15H16N2O/c1-11-4-5-12-6-7-17(13(12)9-11)14(10-16)15-3-2-8-18-15/h2-9,14H,10,16H2,1H3. The van der Waals surface area contributed by atoms with Gasteiger partial charge in [-0.25, -0.2) is 0 Å². The number of hydrogen-bond donors (Lipinski definition) is 1. The molecule has 3 rings (SSSR count). The lowest BCUT2D eigenvalue weighted by Gasteiger charge is -2.16. The van der Waals surface area contributed by atoms with E-state index in [-0.39, 0.29) is 6.04 Å². The fraction of sp³-hybridized carbons (Fsp3) is 0.200. The number of benzene rings is 1. The van der Waals surface area contributed by atoms with Crippen LogP contribution >= 0.6 is 0 Å². The van der Waals surface area contributed by atoms with Crippen molar-refractivity contribution in [1.82, 2.24) is 4.57 Å². The first kappa shape index (κ1) is 11.1. The van der Waals surface area contributed by atoms with Gasteiger partial charge in [0, 0.05) is 18.3 Å². The van der Waals surface area contributed by atoms with E-state index in [0.717, 1.165) is 5.76 Å². The maximum atomic E-state index is 5.90. The topological polar surface area (TPSA) is 44.1 Å². The second kappa shape index (κ2) is 4.35. The van der Waals surface area contributed by atoms with Crippen molar-refractivity contribution in [2.75, 3.05) is 6.54 Å². The second-order valence-corrected chi connectivity index (χ2v) is 4.55. The number of aromatic nitrogens is 1. The van der Waals surface area contributed by atoms with Gasteiger partial charge in [-0.05, 0) is 42.1 Å². The molecule has 3 nitrogen and oxygen atoms in total. The highest BCUT2D eigenvalue weighted by atomic mass is 16.3. The van der Waals surface area contributed by atoms with Gasteiger partial charge in [0.2, 0.25) is 0 Å². The minimum absolute atomic E-state index is 0.0549. The largest absolute Gasteiger partial charge is 0.467 e. The van der Waals surface area contributed by atoms with Gasteiger partial charge in [-0.1, -0.05) is 12.1 Å². The van der Waals surface area contributed by atoms with Crippen LogP contribution in [0.5, 0.6) is 0 Å². The molecule has 0 aliphatic heterocycles.